The summed E-state index contributed by atoms with van der Waals surface area (Å²) in [5.41, 5.74) is 2.21. The Labute approximate surface area is 71.7 Å². The molecule has 1 aromatic rings. The number of hydrogen-bond donors (Lipinski definition) is 2. The summed E-state index contributed by atoms with van der Waals surface area (Å²) in [7, 11) is 0. The van der Waals surface area contributed by atoms with Crippen LogP contribution in [0.4, 0.5) is 0 Å². The average molecular weight is 171 g/mol. The Morgan fingerprint density at radius 2 is 2.10 bits per heavy atom. The molecule has 0 atom stereocenters. The fourth-order valence-corrected chi connectivity index (χ4v) is 1.08. The molecular formula is C7H9NS2. The lowest BCUT2D eigenvalue weighted by molar-refractivity contribution is 1.15. The third-order valence-corrected chi connectivity index (χ3v) is 1.91. The van der Waals surface area contributed by atoms with Gasteiger partial charge in [-0.1, -0.05) is 0 Å². The van der Waals surface area contributed by atoms with Gasteiger partial charge in [0.15, 0.2) is 0 Å². The van der Waals surface area contributed by atoms with E-state index < -0.39 is 0 Å². The van der Waals surface area contributed by atoms with Gasteiger partial charge in [-0.25, -0.2) is 0 Å². The molecule has 0 aliphatic rings. The van der Waals surface area contributed by atoms with Gasteiger partial charge in [-0.05, 0) is 17.7 Å². The summed E-state index contributed by atoms with van der Waals surface area (Å²) in [6.07, 6.45) is 1.79. The van der Waals surface area contributed by atoms with Crippen molar-refractivity contribution >= 4 is 25.3 Å². The normalized spacial score (nSPS) is 9.80. The molecule has 54 valence electrons. The topological polar surface area (TPSA) is 12.9 Å². The quantitative estimate of drug-likeness (QED) is 0.648. The molecule has 1 rings (SSSR count). The molecule has 0 aliphatic heterocycles. The molecular weight excluding hydrogens is 162 g/mol. The van der Waals surface area contributed by atoms with Gasteiger partial charge in [-0.15, -0.1) is 0 Å². The number of pyridine rings is 1. The molecule has 0 radical (unpaired) electrons. The highest BCUT2D eigenvalue weighted by Crippen LogP contribution is 2.05. The second-order valence-electron chi connectivity index (χ2n) is 1.97. The van der Waals surface area contributed by atoms with Crippen molar-refractivity contribution < 1.29 is 0 Å². The van der Waals surface area contributed by atoms with Crippen LogP contribution in [0.15, 0.2) is 18.3 Å². The minimum absolute atomic E-state index is 0.696. The van der Waals surface area contributed by atoms with Crippen LogP contribution in [-0.4, -0.2) is 4.98 Å². The van der Waals surface area contributed by atoms with E-state index >= 15 is 0 Å². The van der Waals surface area contributed by atoms with Gasteiger partial charge < -0.3 is 0 Å². The maximum atomic E-state index is 4.14. The summed E-state index contributed by atoms with van der Waals surface area (Å²) in [6.45, 7) is 0. The fraction of sp³-hybridized carbons (Fsp3) is 0.286. The third kappa shape index (κ3) is 1.92. The molecule has 0 bridgehead atoms. The van der Waals surface area contributed by atoms with Crippen molar-refractivity contribution in [1.29, 1.82) is 0 Å². The minimum atomic E-state index is 0.696. The van der Waals surface area contributed by atoms with Crippen LogP contribution in [-0.2, 0) is 11.5 Å². The monoisotopic (exact) mass is 171 g/mol. The van der Waals surface area contributed by atoms with E-state index in [4.69, 9.17) is 0 Å². The van der Waals surface area contributed by atoms with Crippen molar-refractivity contribution in [3.63, 3.8) is 0 Å². The van der Waals surface area contributed by atoms with Crippen molar-refractivity contribution in [2.45, 2.75) is 11.5 Å². The Morgan fingerprint density at radius 1 is 1.30 bits per heavy atom. The fourth-order valence-electron chi connectivity index (χ4n) is 0.713. The number of nitrogens with zero attached hydrogens (tertiary/aromatic N) is 1. The molecule has 0 saturated carbocycles. The highest BCUT2D eigenvalue weighted by molar-refractivity contribution is 7.79. The molecule has 10 heavy (non-hydrogen) atoms. The summed E-state index contributed by atoms with van der Waals surface area (Å²) in [5.74, 6) is 1.46. The van der Waals surface area contributed by atoms with Gasteiger partial charge in [-0.2, -0.15) is 25.3 Å². The Bertz CT molecular complexity index is 193. The highest BCUT2D eigenvalue weighted by atomic mass is 32.1. The minimum Gasteiger partial charge on any atom is -0.260 e. The maximum absolute atomic E-state index is 4.14. The predicted molar refractivity (Wildman–Crippen MR) is 49.6 cm³/mol. The molecule has 1 aromatic heterocycles. The van der Waals surface area contributed by atoms with E-state index in [0.717, 1.165) is 11.4 Å². The van der Waals surface area contributed by atoms with Crippen molar-refractivity contribution in [1.82, 2.24) is 4.98 Å². The van der Waals surface area contributed by atoms with Gasteiger partial charge in [0, 0.05) is 17.7 Å². The third-order valence-electron chi connectivity index (χ3n) is 1.23. The zero-order chi connectivity index (χ0) is 7.40. The molecule has 1 nitrogen and oxygen atoms in total. The second-order valence-corrected chi connectivity index (χ2v) is 2.60. The van der Waals surface area contributed by atoms with Gasteiger partial charge in [0.2, 0.25) is 0 Å². The average Bonchev–Trinajstić information content (AvgIpc) is 2.05. The molecule has 0 aliphatic carbocycles. The predicted octanol–water partition coefficient (Wildman–Crippen LogP) is 1.94. The molecule has 0 unspecified atom stereocenters. The second kappa shape index (κ2) is 3.88. The Kier molecular flexibility index (Phi) is 3.09. The molecule has 0 fully saturated rings. The van der Waals surface area contributed by atoms with Gasteiger partial charge >= 0.3 is 0 Å². The first kappa shape index (κ1) is 7.95. The molecule has 0 N–H and O–H groups in total. The zero-order valence-electron chi connectivity index (χ0n) is 5.49. The largest absolute Gasteiger partial charge is 0.260 e. The molecule has 0 spiro atoms. The summed E-state index contributed by atoms with van der Waals surface area (Å²) in [6, 6.07) is 3.97. The molecule has 0 aromatic carbocycles. The van der Waals surface area contributed by atoms with Crippen LogP contribution in [0.5, 0.6) is 0 Å². The van der Waals surface area contributed by atoms with Crippen LogP contribution in [0.25, 0.3) is 0 Å². The standard InChI is InChI=1S/C7H9NS2/c9-4-6-1-2-8-7(3-6)5-10/h1-3,9-10H,4-5H2. The van der Waals surface area contributed by atoms with Gasteiger partial charge in [0.25, 0.3) is 0 Å². The molecule has 0 amide bonds. The van der Waals surface area contributed by atoms with Crippen LogP contribution in [0, 0.1) is 0 Å². The van der Waals surface area contributed by atoms with E-state index in [9.17, 15) is 0 Å². The van der Waals surface area contributed by atoms with Crippen molar-refractivity contribution in [3.05, 3.63) is 29.6 Å². The van der Waals surface area contributed by atoms with Crippen LogP contribution >= 0.6 is 25.3 Å². The Hall–Kier alpha value is -0.150. The maximum Gasteiger partial charge on any atom is 0.0503 e. The van der Waals surface area contributed by atoms with Crippen LogP contribution in [0.1, 0.15) is 11.3 Å². The Morgan fingerprint density at radius 3 is 2.70 bits per heavy atom. The van der Waals surface area contributed by atoms with E-state index in [0.29, 0.717) is 5.75 Å². The highest BCUT2D eigenvalue weighted by Gasteiger charge is 1.91. The summed E-state index contributed by atoms with van der Waals surface area (Å²) in [5, 5.41) is 0. The first-order chi connectivity index (χ1) is 4.86. The van der Waals surface area contributed by atoms with E-state index in [2.05, 4.69) is 30.2 Å². The van der Waals surface area contributed by atoms with E-state index in [1.54, 1.807) is 6.20 Å². The van der Waals surface area contributed by atoms with E-state index in [1.165, 1.54) is 5.56 Å². The van der Waals surface area contributed by atoms with Gasteiger partial charge in [-0.3, -0.25) is 4.98 Å². The number of hydrogen-bond acceptors (Lipinski definition) is 3. The van der Waals surface area contributed by atoms with Crippen molar-refractivity contribution in [3.8, 4) is 0 Å². The zero-order valence-corrected chi connectivity index (χ0v) is 7.28. The van der Waals surface area contributed by atoms with Crippen LogP contribution < -0.4 is 0 Å². The summed E-state index contributed by atoms with van der Waals surface area (Å²) < 4.78 is 0. The smallest absolute Gasteiger partial charge is 0.0503 e. The molecule has 0 saturated heterocycles. The number of thiol groups is 2. The SMILES string of the molecule is SCc1ccnc(CS)c1. The van der Waals surface area contributed by atoms with E-state index in [-0.39, 0.29) is 0 Å². The molecule has 3 heteroatoms. The van der Waals surface area contributed by atoms with Crippen molar-refractivity contribution in [2.24, 2.45) is 0 Å². The lowest BCUT2D eigenvalue weighted by atomic mass is 10.2. The first-order valence-electron chi connectivity index (χ1n) is 3.02. The summed E-state index contributed by atoms with van der Waals surface area (Å²) >= 11 is 8.25. The summed E-state index contributed by atoms with van der Waals surface area (Å²) in [4.78, 5) is 4.10. The lowest BCUT2D eigenvalue weighted by Gasteiger charge is -1.96. The molecule has 1 heterocycles. The van der Waals surface area contributed by atoms with Gasteiger partial charge in [0.05, 0.1) is 5.69 Å². The van der Waals surface area contributed by atoms with Crippen molar-refractivity contribution in [2.75, 3.05) is 0 Å². The number of rotatable bonds is 2. The van der Waals surface area contributed by atoms with Crippen LogP contribution in [0.2, 0.25) is 0 Å². The van der Waals surface area contributed by atoms with Crippen LogP contribution in [0.3, 0.4) is 0 Å². The number of aromatic nitrogens is 1. The Balaban J connectivity index is 2.87. The first-order valence-corrected chi connectivity index (χ1v) is 4.29. The van der Waals surface area contributed by atoms with E-state index in [1.807, 2.05) is 12.1 Å². The lowest BCUT2D eigenvalue weighted by Crippen LogP contribution is -1.86. The van der Waals surface area contributed by atoms with Gasteiger partial charge in [0.1, 0.15) is 0 Å².